The van der Waals surface area contributed by atoms with Crippen molar-refractivity contribution in [1.29, 1.82) is 0 Å². The monoisotopic (exact) mass is 310 g/mol. The predicted octanol–water partition coefficient (Wildman–Crippen LogP) is 2.98. The quantitative estimate of drug-likeness (QED) is 0.921. The third-order valence-corrected chi connectivity index (χ3v) is 5.74. The molecule has 0 aliphatic carbocycles. The first kappa shape index (κ1) is 14.7. The SMILES string of the molecule is CCc1ccc(C(=O)O)cc1S(=O)(=O)Cc1cccs1. The highest BCUT2D eigenvalue weighted by Gasteiger charge is 2.21. The van der Waals surface area contributed by atoms with Crippen molar-refractivity contribution in [2.45, 2.75) is 24.0 Å². The highest BCUT2D eigenvalue weighted by Crippen LogP contribution is 2.24. The summed E-state index contributed by atoms with van der Waals surface area (Å²) in [4.78, 5) is 11.9. The van der Waals surface area contributed by atoms with Gasteiger partial charge in [0.1, 0.15) is 0 Å². The topological polar surface area (TPSA) is 71.4 Å². The van der Waals surface area contributed by atoms with Gasteiger partial charge in [0.25, 0.3) is 0 Å². The Labute approximate surface area is 121 Å². The smallest absolute Gasteiger partial charge is 0.335 e. The Bertz CT molecular complexity index is 716. The van der Waals surface area contributed by atoms with Gasteiger partial charge in [-0.2, -0.15) is 0 Å². The van der Waals surface area contributed by atoms with Gasteiger partial charge in [-0.15, -0.1) is 11.3 Å². The molecule has 0 radical (unpaired) electrons. The van der Waals surface area contributed by atoms with E-state index in [-0.39, 0.29) is 16.2 Å². The molecule has 1 N–H and O–H groups in total. The van der Waals surface area contributed by atoms with Gasteiger partial charge in [-0.25, -0.2) is 13.2 Å². The Morgan fingerprint density at radius 2 is 2.05 bits per heavy atom. The van der Waals surface area contributed by atoms with E-state index in [1.54, 1.807) is 18.2 Å². The molecule has 2 rings (SSSR count). The molecule has 0 fully saturated rings. The molecule has 0 saturated carbocycles. The molecule has 6 heteroatoms. The van der Waals surface area contributed by atoms with Crippen LogP contribution in [0.3, 0.4) is 0 Å². The van der Waals surface area contributed by atoms with E-state index in [4.69, 9.17) is 5.11 Å². The van der Waals surface area contributed by atoms with E-state index >= 15 is 0 Å². The summed E-state index contributed by atoms with van der Waals surface area (Å²) in [5, 5.41) is 10.8. The Kier molecular flexibility index (Phi) is 4.25. The number of hydrogen-bond acceptors (Lipinski definition) is 4. The first-order valence-electron chi connectivity index (χ1n) is 6.05. The summed E-state index contributed by atoms with van der Waals surface area (Å²) in [6, 6.07) is 7.82. The van der Waals surface area contributed by atoms with E-state index in [0.717, 1.165) is 4.88 Å². The fraction of sp³-hybridized carbons (Fsp3) is 0.214. The fourth-order valence-electron chi connectivity index (χ4n) is 1.93. The molecule has 106 valence electrons. The molecule has 0 bridgehead atoms. The number of aromatic carboxylic acids is 1. The van der Waals surface area contributed by atoms with Crippen LogP contribution in [0.1, 0.15) is 27.7 Å². The maximum atomic E-state index is 12.5. The molecule has 1 aromatic carbocycles. The van der Waals surface area contributed by atoms with Gasteiger partial charge >= 0.3 is 5.97 Å². The van der Waals surface area contributed by atoms with Gasteiger partial charge in [-0.1, -0.05) is 19.1 Å². The molecule has 0 aliphatic heterocycles. The van der Waals surface area contributed by atoms with E-state index < -0.39 is 15.8 Å². The molecule has 20 heavy (non-hydrogen) atoms. The molecule has 1 aromatic heterocycles. The summed E-state index contributed by atoms with van der Waals surface area (Å²) < 4.78 is 24.9. The van der Waals surface area contributed by atoms with Crippen LogP contribution in [0.2, 0.25) is 0 Å². The first-order chi connectivity index (χ1) is 9.44. The Morgan fingerprint density at radius 3 is 2.60 bits per heavy atom. The molecule has 0 unspecified atom stereocenters. The zero-order chi connectivity index (χ0) is 14.8. The number of aryl methyl sites for hydroxylation is 1. The van der Waals surface area contributed by atoms with Crippen LogP contribution in [0.4, 0.5) is 0 Å². The van der Waals surface area contributed by atoms with Gasteiger partial charge in [-0.3, -0.25) is 0 Å². The first-order valence-corrected chi connectivity index (χ1v) is 8.58. The molecular formula is C14H14O4S2. The van der Waals surface area contributed by atoms with Crippen LogP contribution in [0.5, 0.6) is 0 Å². The van der Waals surface area contributed by atoms with Gasteiger partial charge in [0.2, 0.25) is 0 Å². The number of carboxylic acids is 1. The van der Waals surface area contributed by atoms with Crippen molar-refractivity contribution in [1.82, 2.24) is 0 Å². The zero-order valence-electron chi connectivity index (χ0n) is 10.9. The van der Waals surface area contributed by atoms with Gasteiger partial charge < -0.3 is 5.11 Å². The van der Waals surface area contributed by atoms with Gasteiger partial charge in [0.05, 0.1) is 16.2 Å². The van der Waals surface area contributed by atoms with Gasteiger partial charge in [-0.05, 0) is 35.6 Å². The summed E-state index contributed by atoms with van der Waals surface area (Å²) in [6.45, 7) is 1.85. The summed E-state index contributed by atoms with van der Waals surface area (Å²) in [5.41, 5.74) is 0.638. The largest absolute Gasteiger partial charge is 0.478 e. The lowest BCUT2D eigenvalue weighted by molar-refractivity contribution is 0.0696. The van der Waals surface area contributed by atoms with Crippen LogP contribution in [0, 0.1) is 0 Å². The summed E-state index contributed by atoms with van der Waals surface area (Å²) in [6.07, 6.45) is 0.541. The van der Waals surface area contributed by atoms with E-state index in [1.165, 1.54) is 23.5 Å². The Hall–Kier alpha value is -1.66. The molecule has 0 aliphatic rings. The normalized spacial score (nSPS) is 11.4. The number of thiophene rings is 1. The lowest BCUT2D eigenvalue weighted by Gasteiger charge is -2.09. The van der Waals surface area contributed by atoms with Crippen LogP contribution >= 0.6 is 11.3 Å². The maximum absolute atomic E-state index is 12.5. The van der Waals surface area contributed by atoms with Crippen LogP contribution in [-0.4, -0.2) is 19.5 Å². The third-order valence-electron chi connectivity index (χ3n) is 2.94. The van der Waals surface area contributed by atoms with Gasteiger partial charge in [0.15, 0.2) is 9.84 Å². The van der Waals surface area contributed by atoms with Crippen molar-refractivity contribution in [2.75, 3.05) is 0 Å². The standard InChI is InChI=1S/C14H14O4S2/c1-2-10-5-6-11(14(15)16)8-13(10)20(17,18)9-12-4-3-7-19-12/h3-8H,2,9H2,1H3,(H,15,16). The van der Waals surface area contributed by atoms with Crippen molar-refractivity contribution in [3.8, 4) is 0 Å². The molecular weight excluding hydrogens is 296 g/mol. The fourth-order valence-corrected chi connectivity index (χ4v) is 4.70. The summed E-state index contributed by atoms with van der Waals surface area (Å²) in [7, 11) is -3.53. The van der Waals surface area contributed by atoms with E-state index in [1.807, 2.05) is 12.3 Å². The highest BCUT2D eigenvalue weighted by atomic mass is 32.2. The molecule has 0 saturated heterocycles. The predicted molar refractivity (Wildman–Crippen MR) is 78.0 cm³/mol. The van der Waals surface area contributed by atoms with Crippen molar-refractivity contribution < 1.29 is 18.3 Å². The average molecular weight is 310 g/mol. The number of rotatable bonds is 5. The van der Waals surface area contributed by atoms with Crippen LogP contribution in [-0.2, 0) is 22.0 Å². The summed E-state index contributed by atoms with van der Waals surface area (Å²) >= 11 is 1.37. The minimum atomic E-state index is -3.53. The number of carbonyl (C=O) groups is 1. The second-order valence-corrected chi connectivity index (χ2v) is 7.31. The van der Waals surface area contributed by atoms with Crippen molar-refractivity contribution >= 4 is 27.1 Å². The van der Waals surface area contributed by atoms with E-state index in [9.17, 15) is 13.2 Å². The summed E-state index contributed by atoms with van der Waals surface area (Å²) in [5.74, 6) is -1.22. The van der Waals surface area contributed by atoms with Crippen LogP contribution in [0.15, 0.2) is 40.6 Å². The molecule has 0 amide bonds. The minimum absolute atomic E-state index is 0.00745. The Morgan fingerprint density at radius 1 is 1.30 bits per heavy atom. The molecule has 1 heterocycles. The molecule has 0 atom stereocenters. The van der Waals surface area contributed by atoms with E-state index in [0.29, 0.717) is 12.0 Å². The molecule has 0 spiro atoms. The number of hydrogen-bond donors (Lipinski definition) is 1. The minimum Gasteiger partial charge on any atom is -0.478 e. The zero-order valence-corrected chi connectivity index (χ0v) is 12.5. The lowest BCUT2D eigenvalue weighted by Crippen LogP contribution is -2.09. The molecule has 2 aromatic rings. The number of carboxylic acid groups (broad SMARTS) is 1. The Balaban J connectivity index is 2.48. The third kappa shape index (κ3) is 3.08. The van der Waals surface area contributed by atoms with Crippen molar-refractivity contribution in [2.24, 2.45) is 0 Å². The second-order valence-electron chi connectivity index (χ2n) is 4.32. The highest BCUT2D eigenvalue weighted by molar-refractivity contribution is 7.90. The molecule has 4 nitrogen and oxygen atoms in total. The second kappa shape index (κ2) is 5.76. The average Bonchev–Trinajstić information content (AvgIpc) is 2.90. The maximum Gasteiger partial charge on any atom is 0.335 e. The lowest BCUT2D eigenvalue weighted by atomic mass is 10.1. The van der Waals surface area contributed by atoms with Crippen molar-refractivity contribution in [3.63, 3.8) is 0 Å². The number of benzene rings is 1. The number of sulfone groups is 1. The van der Waals surface area contributed by atoms with Crippen LogP contribution in [0.25, 0.3) is 0 Å². The van der Waals surface area contributed by atoms with Crippen molar-refractivity contribution in [3.05, 3.63) is 51.7 Å². The van der Waals surface area contributed by atoms with Crippen LogP contribution < -0.4 is 0 Å². The van der Waals surface area contributed by atoms with Gasteiger partial charge in [0, 0.05) is 4.88 Å². The van der Waals surface area contributed by atoms with E-state index in [2.05, 4.69) is 0 Å².